The fraction of sp³-hybridized carbons (Fsp3) is 0.429. The van der Waals surface area contributed by atoms with E-state index in [1.165, 1.54) is 12.4 Å². The number of aliphatic hydroxyl groups is 1. The van der Waals surface area contributed by atoms with Crippen LogP contribution in [0, 0.1) is 0 Å². The molecular formula is C7H9F2N3O. The maximum Gasteiger partial charge on any atom is 0.291 e. The average molecular weight is 189 g/mol. The van der Waals surface area contributed by atoms with E-state index in [1.807, 2.05) is 0 Å². The number of alkyl halides is 2. The summed E-state index contributed by atoms with van der Waals surface area (Å²) in [4.78, 5) is 7.21. The Balaban J connectivity index is 2.85. The van der Waals surface area contributed by atoms with E-state index in [-0.39, 0.29) is 5.69 Å². The van der Waals surface area contributed by atoms with E-state index >= 15 is 0 Å². The summed E-state index contributed by atoms with van der Waals surface area (Å²) in [5, 5.41) is 8.35. The van der Waals surface area contributed by atoms with Crippen molar-refractivity contribution in [3.63, 3.8) is 0 Å². The lowest BCUT2D eigenvalue weighted by molar-refractivity contribution is -0.0721. The molecular weight excluding hydrogens is 180 g/mol. The molecule has 1 aromatic heterocycles. The molecule has 1 heterocycles. The molecule has 0 saturated carbocycles. The molecule has 1 atom stereocenters. The molecule has 0 radical (unpaired) electrons. The van der Waals surface area contributed by atoms with Crippen LogP contribution in [0.25, 0.3) is 0 Å². The fourth-order valence-corrected chi connectivity index (χ4v) is 0.786. The highest BCUT2D eigenvalue weighted by atomic mass is 19.3. The van der Waals surface area contributed by atoms with Crippen LogP contribution in [0.2, 0.25) is 0 Å². The summed E-state index contributed by atoms with van der Waals surface area (Å²) < 4.78 is 25.6. The number of aromatic nitrogens is 2. The molecule has 0 aliphatic heterocycles. The fourth-order valence-electron chi connectivity index (χ4n) is 0.786. The normalized spacial score (nSPS) is 14.2. The minimum atomic E-state index is -3.37. The van der Waals surface area contributed by atoms with Gasteiger partial charge in [-0.3, -0.25) is 9.97 Å². The number of nitrogens with zero attached hydrogens (tertiary/aromatic N) is 2. The zero-order valence-corrected chi connectivity index (χ0v) is 6.69. The predicted octanol–water partition coefficient (Wildman–Crippen LogP) is 0.104. The van der Waals surface area contributed by atoms with Crippen molar-refractivity contribution >= 4 is 0 Å². The number of nitrogens with two attached hydrogens (primary N) is 1. The van der Waals surface area contributed by atoms with Crippen LogP contribution < -0.4 is 5.73 Å². The minimum absolute atomic E-state index is 0.0402. The first-order chi connectivity index (χ1) is 6.08. The molecule has 1 aromatic rings. The second kappa shape index (κ2) is 3.71. The SMILES string of the molecule is NC(c1cnccn1)C(F)(F)CO. The molecule has 72 valence electrons. The van der Waals surface area contributed by atoms with Crippen molar-refractivity contribution in [2.24, 2.45) is 5.73 Å². The Bertz CT molecular complexity index is 268. The van der Waals surface area contributed by atoms with Crippen molar-refractivity contribution in [1.29, 1.82) is 0 Å². The van der Waals surface area contributed by atoms with Gasteiger partial charge in [-0.05, 0) is 0 Å². The van der Waals surface area contributed by atoms with Gasteiger partial charge >= 0.3 is 0 Å². The van der Waals surface area contributed by atoms with Crippen LogP contribution in [-0.2, 0) is 0 Å². The molecule has 13 heavy (non-hydrogen) atoms. The number of aliphatic hydroxyl groups excluding tert-OH is 1. The lowest BCUT2D eigenvalue weighted by atomic mass is 10.1. The van der Waals surface area contributed by atoms with Gasteiger partial charge in [0, 0.05) is 12.4 Å². The summed E-state index contributed by atoms with van der Waals surface area (Å²) in [7, 11) is 0. The third kappa shape index (κ3) is 2.16. The first-order valence-electron chi connectivity index (χ1n) is 3.58. The molecule has 0 aliphatic carbocycles. The molecule has 6 heteroatoms. The summed E-state index contributed by atoms with van der Waals surface area (Å²) in [5.74, 6) is -3.37. The van der Waals surface area contributed by atoms with Crippen LogP contribution in [0.4, 0.5) is 8.78 Å². The van der Waals surface area contributed by atoms with E-state index in [0.29, 0.717) is 0 Å². The zero-order valence-electron chi connectivity index (χ0n) is 6.69. The molecule has 0 aliphatic rings. The molecule has 0 amide bonds. The summed E-state index contributed by atoms with van der Waals surface area (Å²) in [6, 6.07) is -1.62. The van der Waals surface area contributed by atoms with E-state index < -0.39 is 18.6 Å². The Labute approximate surface area is 73.4 Å². The van der Waals surface area contributed by atoms with Crippen LogP contribution in [0.5, 0.6) is 0 Å². The lowest BCUT2D eigenvalue weighted by Gasteiger charge is -2.19. The van der Waals surface area contributed by atoms with Gasteiger partial charge < -0.3 is 10.8 Å². The van der Waals surface area contributed by atoms with Crippen molar-refractivity contribution in [3.8, 4) is 0 Å². The smallest absolute Gasteiger partial charge is 0.291 e. The van der Waals surface area contributed by atoms with E-state index in [2.05, 4.69) is 9.97 Å². The molecule has 0 saturated heterocycles. The second-order valence-corrected chi connectivity index (χ2v) is 2.53. The Morgan fingerprint density at radius 3 is 2.69 bits per heavy atom. The average Bonchev–Trinajstić information content (AvgIpc) is 2.18. The van der Waals surface area contributed by atoms with Crippen molar-refractivity contribution < 1.29 is 13.9 Å². The Kier molecular flexibility index (Phi) is 2.84. The van der Waals surface area contributed by atoms with E-state index in [0.717, 1.165) is 6.20 Å². The van der Waals surface area contributed by atoms with Gasteiger partial charge in [0.15, 0.2) is 0 Å². The van der Waals surface area contributed by atoms with Gasteiger partial charge in [0.2, 0.25) is 0 Å². The Hall–Kier alpha value is -1.14. The number of hydrogen-bond acceptors (Lipinski definition) is 4. The lowest BCUT2D eigenvalue weighted by Crippen LogP contribution is -2.36. The van der Waals surface area contributed by atoms with Gasteiger partial charge in [-0.2, -0.15) is 0 Å². The van der Waals surface area contributed by atoms with Crippen molar-refractivity contribution in [2.75, 3.05) is 6.61 Å². The van der Waals surface area contributed by atoms with E-state index in [1.54, 1.807) is 0 Å². The van der Waals surface area contributed by atoms with E-state index in [9.17, 15) is 8.78 Å². The number of halogens is 2. The Morgan fingerprint density at radius 1 is 1.54 bits per heavy atom. The summed E-state index contributed by atoms with van der Waals surface area (Å²) in [5.41, 5.74) is 5.13. The molecule has 1 rings (SSSR count). The van der Waals surface area contributed by atoms with Crippen LogP contribution >= 0.6 is 0 Å². The van der Waals surface area contributed by atoms with Crippen LogP contribution in [0.1, 0.15) is 11.7 Å². The molecule has 4 nitrogen and oxygen atoms in total. The van der Waals surface area contributed by atoms with Gasteiger partial charge in [-0.25, -0.2) is 8.78 Å². The summed E-state index contributed by atoms with van der Waals surface area (Å²) in [6.45, 7) is -1.30. The highest BCUT2D eigenvalue weighted by Crippen LogP contribution is 2.26. The van der Waals surface area contributed by atoms with Gasteiger partial charge in [-0.1, -0.05) is 0 Å². The molecule has 1 unspecified atom stereocenters. The van der Waals surface area contributed by atoms with Gasteiger partial charge in [0.05, 0.1) is 11.9 Å². The molecule has 0 bridgehead atoms. The summed E-state index contributed by atoms with van der Waals surface area (Å²) in [6.07, 6.45) is 3.77. The topological polar surface area (TPSA) is 72.0 Å². The Morgan fingerprint density at radius 2 is 2.23 bits per heavy atom. The van der Waals surface area contributed by atoms with Crippen LogP contribution in [0.3, 0.4) is 0 Å². The molecule has 3 N–H and O–H groups in total. The quantitative estimate of drug-likeness (QED) is 0.707. The number of rotatable bonds is 3. The van der Waals surface area contributed by atoms with Gasteiger partial charge in [0.25, 0.3) is 5.92 Å². The van der Waals surface area contributed by atoms with Crippen molar-refractivity contribution in [2.45, 2.75) is 12.0 Å². The maximum absolute atomic E-state index is 12.8. The predicted molar refractivity (Wildman–Crippen MR) is 41.0 cm³/mol. The van der Waals surface area contributed by atoms with Crippen LogP contribution in [0.15, 0.2) is 18.6 Å². The first-order valence-corrected chi connectivity index (χ1v) is 3.58. The standard InChI is InChI=1S/C7H9F2N3O/c8-7(9,4-13)6(10)5-3-11-1-2-12-5/h1-3,6,13H,4,10H2. The molecule has 0 fully saturated rings. The largest absolute Gasteiger partial charge is 0.390 e. The molecule has 0 spiro atoms. The highest BCUT2D eigenvalue weighted by molar-refractivity contribution is 5.05. The monoisotopic (exact) mass is 189 g/mol. The third-order valence-corrected chi connectivity index (χ3v) is 1.57. The second-order valence-electron chi connectivity index (χ2n) is 2.53. The third-order valence-electron chi connectivity index (χ3n) is 1.57. The highest BCUT2D eigenvalue weighted by Gasteiger charge is 2.38. The minimum Gasteiger partial charge on any atom is -0.390 e. The van der Waals surface area contributed by atoms with E-state index in [4.69, 9.17) is 10.8 Å². The number of hydrogen-bond donors (Lipinski definition) is 2. The first kappa shape index (κ1) is 9.94. The maximum atomic E-state index is 12.8. The van der Waals surface area contributed by atoms with Crippen molar-refractivity contribution in [3.05, 3.63) is 24.3 Å². The van der Waals surface area contributed by atoms with Gasteiger partial charge in [0.1, 0.15) is 12.6 Å². The summed E-state index contributed by atoms with van der Waals surface area (Å²) >= 11 is 0. The zero-order chi connectivity index (χ0) is 9.90. The van der Waals surface area contributed by atoms with Gasteiger partial charge in [-0.15, -0.1) is 0 Å². The van der Waals surface area contributed by atoms with Crippen molar-refractivity contribution in [1.82, 2.24) is 9.97 Å². The molecule has 0 aromatic carbocycles. The van der Waals surface area contributed by atoms with Crippen LogP contribution in [-0.4, -0.2) is 27.6 Å².